The smallest absolute Gasteiger partial charge is 0.330 e. The van der Waals surface area contributed by atoms with Crippen LogP contribution >= 0.6 is 0 Å². The zero-order valence-corrected chi connectivity index (χ0v) is 16.8. The predicted octanol–water partition coefficient (Wildman–Crippen LogP) is 3.40. The molecule has 0 N–H and O–H groups in total. The highest BCUT2D eigenvalue weighted by atomic mass is 17.2. The topological polar surface area (TPSA) is 63.2 Å². The summed E-state index contributed by atoms with van der Waals surface area (Å²) in [6.45, 7) is 7.00. The molecule has 2 aliphatic carbocycles. The van der Waals surface area contributed by atoms with Gasteiger partial charge in [0.05, 0.1) is 19.8 Å². The lowest BCUT2D eigenvalue weighted by Crippen LogP contribution is -2.69. The molecule has 2 saturated carbocycles. The maximum Gasteiger partial charge on any atom is 0.330 e. The first-order chi connectivity index (χ1) is 12.9. The Balaban J connectivity index is 1.55. The van der Waals surface area contributed by atoms with Gasteiger partial charge in [0.1, 0.15) is 11.2 Å². The molecule has 5 fully saturated rings. The summed E-state index contributed by atoms with van der Waals surface area (Å²) >= 11 is 0. The van der Waals surface area contributed by atoms with Crippen molar-refractivity contribution < 1.29 is 28.8 Å². The lowest BCUT2D eigenvalue weighted by atomic mass is 9.56. The fraction of sp³-hybridized carbons (Fsp3) is 0.857. The Morgan fingerprint density at radius 1 is 1.19 bits per heavy atom. The molecule has 1 spiro atoms. The molecule has 6 heteroatoms. The van der Waals surface area contributed by atoms with E-state index in [-0.39, 0.29) is 35.5 Å². The molecule has 0 amide bonds. The molecule has 27 heavy (non-hydrogen) atoms. The summed E-state index contributed by atoms with van der Waals surface area (Å²) in [5, 5.41) is 0. The number of fused-ring (bicyclic) bond motifs is 2. The van der Waals surface area contributed by atoms with Gasteiger partial charge in [0, 0.05) is 24.3 Å². The van der Waals surface area contributed by atoms with Gasteiger partial charge in [-0.15, -0.1) is 0 Å². The molecule has 3 aliphatic heterocycles. The van der Waals surface area contributed by atoms with E-state index in [1.165, 1.54) is 19.6 Å². The van der Waals surface area contributed by atoms with Gasteiger partial charge in [-0.1, -0.05) is 19.9 Å². The van der Waals surface area contributed by atoms with Gasteiger partial charge >= 0.3 is 5.97 Å². The molecule has 0 aromatic heterocycles. The molecular weight excluding hydrogens is 348 g/mol. The van der Waals surface area contributed by atoms with Gasteiger partial charge < -0.3 is 14.2 Å². The molecule has 2 bridgehead atoms. The second-order valence-corrected chi connectivity index (χ2v) is 9.09. The summed E-state index contributed by atoms with van der Waals surface area (Å²) in [5.74, 6) is 1.26. The van der Waals surface area contributed by atoms with Crippen LogP contribution in [-0.2, 0) is 28.8 Å². The molecule has 152 valence electrons. The Morgan fingerprint density at radius 2 is 2.00 bits per heavy atom. The van der Waals surface area contributed by atoms with Crippen molar-refractivity contribution in [3.63, 3.8) is 0 Å². The van der Waals surface area contributed by atoms with Gasteiger partial charge in [0.2, 0.25) is 0 Å². The molecule has 3 saturated heterocycles. The van der Waals surface area contributed by atoms with E-state index in [1.807, 2.05) is 0 Å². The minimum absolute atomic E-state index is 0.0118. The van der Waals surface area contributed by atoms with Crippen LogP contribution in [0.25, 0.3) is 0 Å². The van der Waals surface area contributed by atoms with Crippen molar-refractivity contribution in [3.05, 3.63) is 12.2 Å². The van der Waals surface area contributed by atoms with Crippen molar-refractivity contribution in [2.45, 2.75) is 76.5 Å². The number of methoxy groups -OCH3 is 1. The third-order valence-electron chi connectivity index (χ3n) is 7.44. The average Bonchev–Trinajstić information content (AvgIpc) is 2.88. The van der Waals surface area contributed by atoms with Crippen LogP contribution in [0.4, 0.5) is 0 Å². The van der Waals surface area contributed by atoms with E-state index in [9.17, 15) is 4.79 Å². The van der Waals surface area contributed by atoms with E-state index >= 15 is 0 Å². The van der Waals surface area contributed by atoms with Gasteiger partial charge in [-0.2, -0.15) is 0 Å². The Hall–Kier alpha value is -0.950. The van der Waals surface area contributed by atoms with Gasteiger partial charge in [0.25, 0.3) is 0 Å². The van der Waals surface area contributed by atoms with Gasteiger partial charge in [-0.3, -0.25) is 0 Å². The van der Waals surface area contributed by atoms with Crippen LogP contribution in [0.5, 0.6) is 0 Å². The number of carbonyl (C=O) groups is 1. The molecule has 0 aromatic carbocycles. The number of hydrogen-bond donors (Lipinski definition) is 0. The number of esters is 1. The Labute approximate surface area is 161 Å². The quantitative estimate of drug-likeness (QED) is 0.423. The first-order valence-electron chi connectivity index (χ1n) is 10.3. The van der Waals surface area contributed by atoms with E-state index < -0.39 is 0 Å². The van der Waals surface area contributed by atoms with Crippen molar-refractivity contribution in [1.82, 2.24) is 0 Å². The van der Waals surface area contributed by atoms with Crippen molar-refractivity contribution in [2.75, 3.05) is 13.7 Å². The van der Waals surface area contributed by atoms with Gasteiger partial charge in [-0.05, 0) is 44.4 Å². The number of carbonyl (C=O) groups excluding carboxylic acids is 1. The molecular formula is C21H32O6. The van der Waals surface area contributed by atoms with E-state index in [1.54, 1.807) is 6.08 Å². The highest BCUT2D eigenvalue weighted by Crippen LogP contribution is 2.61. The van der Waals surface area contributed by atoms with Gasteiger partial charge in [0.15, 0.2) is 6.29 Å². The summed E-state index contributed by atoms with van der Waals surface area (Å²) in [7, 11) is 1.36. The SMILES string of the molecule is COC(=O)/C=C/COC1O[C@@H]2C[C@]3(C)CCC4[C@H](C)CCC([C@H]1C)[C@]42OO3. The van der Waals surface area contributed by atoms with Crippen molar-refractivity contribution in [3.8, 4) is 0 Å². The zero-order valence-electron chi connectivity index (χ0n) is 16.8. The summed E-state index contributed by atoms with van der Waals surface area (Å²) in [4.78, 5) is 23.5. The van der Waals surface area contributed by atoms with Crippen LogP contribution in [0.15, 0.2) is 12.2 Å². The van der Waals surface area contributed by atoms with Crippen LogP contribution in [0.2, 0.25) is 0 Å². The van der Waals surface area contributed by atoms with Crippen LogP contribution in [-0.4, -0.2) is 43.3 Å². The van der Waals surface area contributed by atoms with Crippen molar-refractivity contribution in [2.24, 2.45) is 23.7 Å². The molecule has 6 nitrogen and oxygen atoms in total. The first kappa shape index (κ1) is 19.4. The first-order valence-corrected chi connectivity index (χ1v) is 10.3. The van der Waals surface area contributed by atoms with Gasteiger partial charge in [-0.25, -0.2) is 14.6 Å². The van der Waals surface area contributed by atoms with E-state index in [0.29, 0.717) is 24.4 Å². The Kier molecular flexibility index (Phi) is 5.12. The molecule has 3 unspecified atom stereocenters. The second-order valence-electron chi connectivity index (χ2n) is 9.09. The second kappa shape index (κ2) is 7.14. The summed E-state index contributed by atoms with van der Waals surface area (Å²) in [5.41, 5.74) is -0.637. The van der Waals surface area contributed by atoms with Crippen LogP contribution in [0.3, 0.4) is 0 Å². The number of ether oxygens (including phenoxy) is 3. The van der Waals surface area contributed by atoms with Crippen LogP contribution in [0, 0.1) is 23.7 Å². The normalized spacial score (nSPS) is 48.9. The van der Waals surface area contributed by atoms with E-state index in [4.69, 9.17) is 19.2 Å². The van der Waals surface area contributed by atoms with Crippen LogP contribution < -0.4 is 0 Å². The zero-order chi connectivity index (χ0) is 19.2. The standard InChI is InChI=1S/C21H32O6/c1-13-7-8-16-14(2)19(24-11-5-6-18(22)23-4)25-17-12-20(3)10-9-15(13)21(16,17)27-26-20/h5-6,13-17,19H,7-12H2,1-4H3/b6-5+/t13-,14-,15?,16?,17-,19?,20+,21-/m1/s1. The fourth-order valence-electron chi connectivity index (χ4n) is 5.97. The third kappa shape index (κ3) is 3.15. The monoisotopic (exact) mass is 380 g/mol. The lowest BCUT2D eigenvalue weighted by Gasteiger charge is -2.61. The number of hydrogen-bond acceptors (Lipinski definition) is 6. The highest BCUT2D eigenvalue weighted by Gasteiger charge is 2.68. The summed E-state index contributed by atoms with van der Waals surface area (Å²) < 4.78 is 17.1. The Morgan fingerprint density at radius 3 is 2.78 bits per heavy atom. The largest absolute Gasteiger partial charge is 0.466 e. The lowest BCUT2D eigenvalue weighted by molar-refractivity contribution is -0.495. The molecule has 5 aliphatic rings. The maximum absolute atomic E-state index is 11.2. The minimum atomic E-state index is -0.376. The predicted molar refractivity (Wildman–Crippen MR) is 97.5 cm³/mol. The highest BCUT2D eigenvalue weighted by molar-refractivity contribution is 5.81. The van der Waals surface area contributed by atoms with Crippen molar-refractivity contribution >= 4 is 5.97 Å². The molecule has 3 heterocycles. The fourth-order valence-corrected chi connectivity index (χ4v) is 5.97. The molecule has 0 radical (unpaired) electrons. The average molecular weight is 380 g/mol. The van der Waals surface area contributed by atoms with Crippen molar-refractivity contribution in [1.29, 1.82) is 0 Å². The van der Waals surface area contributed by atoms with E-state index in [2.05, 4.69) is 25.5 Å². The summed E-state index contributed by atoms with van der Waals surface area (Å²) in [6.07, 6.45) is 8.07. The Bertz CT molecular complexity index is 605. The maximum atomic E-state index is 11.2. The molecule has 5 rings (SSSR count). The summed E-state index contributed by atoms with van der Waals surface area (Å²) in [6, 6.07) is 0. The van der Waals surface area contributed by atoms with E-state index in [0.717, 1.165) is 25.7 Å². The third-order valence-corrected chi connectivity index (χ3v) is 7.44. The molecule has 0 aromatic rings. The van der Waals surface area contributed by atoms with Crippen LogP contribution in [0.1, 0.15) is 52.9 Å². The number of rotatable bonds is 4. The molecule has 8 atom stereocenters. The minimum Gasteiger partial charge on any atom is -0.466 e.